The normalized spacial score (nSPS) is 26.4. The van der Waals surface area contributed by atoms with Crippen LogP contribution in [0.2, 0.25) is 0 Å². The number of hydrogen-bond acceptors (Lipinski definition) is 3. The van der Waals surface area contributed by atoms with E-state index in [4.69, 9.17) is 4.74 Å². The monoisotopic (exact) mass is 240 g/mol. The van der Waals surface area contributed by atoms with E-state index in [0.717, 1.165) is 64.4 Å². The van der Waals surface area contributed by atoms with Crippen LogP contribution in [0.15, 0.2) is 0 Å². The summed E-state index contributed by atoms with van der Waals surface area (Å²) in [7, 11) is 1.76. The minimum atomic E-state index is 0.241. The fourth-order valence-corrected chi connectivity index (χ4v) is 2.85. The SMILES string of the molecule is COCCC1CCN(C(=O)[C@@H]2CCNC2)CC1. The Morgan fingerprint density at radius 3 is 2.71 bits per heavy atom. The predicted octanol–water partition coefficient (Wildman–Crippen LogP) is 0.871. The first-order valence-corrected chi connectivity index (χ1v) is 6.79. The largest absolute Gasteiger partial charge is 0.385 e. The van der Waals surface area contributed by atoms with Crippen molar-refractivity contribution < 1.29 is 9.53 Å². The molecule has 0 unspecified atom stereocenters. The van der Waals surface area contributed by atoms with E-state index in [2.05, 4.69) is 10.2 Å². The number of ether oxygens (including phenoxy) is 1. The van der Waals surface area contributed by atoms with Crippen LogP contribution in [-0.2, 0) is 9.53 Å². The lowest BCUT2D eigenvalue weighted by atomic mass is 9.93. The summed E-state index contributed by atoms with van der Waals surface area (Å²) >= 11 is 0. The van der Waals surface area contributed by atoms with E-state index in [0.29, 0.717) is 5.91 Å². The highest BCUT2D eigenvalue weighted by atomic mass is 16.5. The molecular weight excluding hydrogens is 216 g/mol. The van der Waals surface area contributed by atoms with Gasteiger partial charge in [0.25, 0.3) is 0 Å². The molecule has 2 saturated heterocycles. The van der Waals surface area contributed by atoms with Crippen molar-refractivity contribution in [2.45, 2.75) is 25.7 Å². The van der Waals surface area contributed by atoms with Crippen molar-refractivity contribution in [3.05, 3.63) is 0 Å². The molecule has 0 bridgehead atoms. The maximum absolute atomic E-state index is 12.2. The molecule has 1 atom stereocenters. The molecule has 0 aliphatic carbocycles. The molecule has 98 valence electrons. The molecule has 1 amide bonds. The van der Waals surface area contributed by atoms with Crippen molar-refractivity contribution in [3.63, 3.8) is 0 Å². The first-order valence-electron chi connectivity index (χ1n) is 6.79. The molecule has 17 heavy (non-hydrogen) atoms. The minimum Gasteiger partial charge on any atom is -0.385 e. The minimum absolute atomic E-state index is 0.241. The van der Waals surface area contributed by atoms with Crippen LogP contribution in [0.5, 0.6) is 0 Å². The third-order valence-electron chi connectivity index (χ3n) is 4.07. The first kappa shape index (κ1) is 12.8. The van der Waals surface area contributed by atoms with Crippen LogP contribution in [0.1, 0.15) is 25.7 Å². The number of hydrogen-bond donors (Lipinski definition) is 1. The zero-order valence-corrected chi connectivity index (χ0v) is 10.8. The van der Waals surface area contributed by atoms with E-state index in [1.165, 1.54) is 0 Å². The smallest absolute Gasteiger partial charge is 0.227 e. The van der Waals surface area contributed by atoms with Gasteiger partial charge in [0.1, 0.15) is 0 Å². The maximum atomic E-state index is 12.2. The molecule has 2 rings (SSSR count). The number of nitrogens with one attached hydrogen (secondary N) is 1. The van der Waals surface area contributed by atoms with Gasteiger partial charge in [0.15, 0.2) is 0 Å². The van der Waals surface area contributed by atoms with Crippen molar-refractivity contribution in [3.8, 4) is 0 Å². The zero-order valence-electron chi connectivity index (χ0n) is 10.8. The van der Waals surface area contributed by atoms with Gasteiger partial charge < -0.3 is 15.0 Å². The van der Waals surface area contributed by atoms with Crippen LogP contribution in [0.25, 0.3) is 0 Å². The molecule has 0 aromatic heterocycles. The Kier molecular flexibility index (Phi) is 4.80. The number of amides is 1. The van der Waals surface area contributed by atoms with Crippen LogP contribution >= 0.6 is 0 Å². The van der Waals surface area contributed by atoms with E-state index < -0.39 is 0 Å². The molecular formula is C13H24N2O2. The van der Waals surface area contributed by atoms with Crippen LogP contribution in [0.3, 0.4) is 0 Å². The number of carbonyl (C=O) groups excluding carboxylic acids is 1. The average Bonchev–Trinajstić information content (AvgIpc) is 2.90. The lowest BCUT2D eigenvalue weighted by Crippen LogP contribution is -2.42. The van der Waals surface area contributed by atoms with Crippen molar-refractivity contribution in [2.24, 2.45) is 11.8 Å². The second-order valence-electron chi connectivity index (χ2n) is 5.24. The third kappa shape index (κ3) is 3.42. The zero-order chi connectivity index (χ0) is 12.1. The molecule has 0 saturated carbocycles. The summed E-state index contributed by atoms with van der Waals surface area (Å²) in [5, 5.41) is 3.26. The second kappa shape index (κ2) is 6.36. The van der Waals surface area contributed by atoms with Gasteiger partial charge in [0.2, 0.25) is 5.91 Å². The number of carbonyl (C=O) groups is 1. The molecule has 2 aliphatic heterocycles. The molecule has 2 fully saturated rings. The summed E-state index contributed by atoms with van der Waals surface area (Å²) in [6, 6.07) is 0. The third-order valence-corrected chi connectivity index (χ3v) is 4.07. The Bertz CT molecular complexity index is 244. The van der Waals surface area contributed by atoms with E-state index in [9.17, 15) is 4.79 Å². The molecule has 1 N–H and O–H groups in total. The van der Waals surface area contributed by atoms with Crippen molar-refractivity contribution >= 4 is 5.91 Å². The van der Waals surface area contributed by atoms with Crippen LogP contribution in [0.4, 0.5) is 0 Å². The molecule has 0 spiro atoms. The molecule has 0 aromatic rings. The van der Waals surface area contributed by atoms with E-state index in [1.807, 2.05) is 0 Å². The summed E-state index contributed by atoms with van der Waals surface area (Å²) < 4.78 is 5.11. The second-order valence-corrected chi connectivity index (χ2v) is 5.24. The van der Waals surface area contributed by atoms with E-state index in [-0.39, 0.29) is 5.92 Å². The standard InChI is InChI=1S/C13H24N2O2/c1-17-9-5-11-3-7-15(8-4-11)13(16)12-2-6-14-10-12/h11-12,14H,2-10H2,1H3/t12-/m1/s1. The molecule has 4 nitrogen and oxygen atoms in total. The van der Waals surface area contributed by atoms with Crippen LogP contribution < -0.4 is 5.32 Å². The van der Waals surface area contributed by atoms with Gasteiger partial charge in [0.05, 0.1) is 5.92 Å². The first-order chi connectivity index (χ1) is 8.31. The molecule has 2 heterocycles. The topological polar surface area (TPSA) is 41.6 Å². The van der Waals surface area contributed by atoms with Gasteiger partial charge in [-0.2, -0.15) is 0 Å². The summed E-state index contributed by atoms with van der Waals surface area (Å²) in [4.78, 5) is 14.3. The lowest BCUT2D eigenvalue weighted by molar-refractivity contribution is -0.136. The van der Waals surface area contributed by atoms with Crippen molar-refractivity contribution in [1.82, 2.24) is 10.2 Å². The van der Waals surface area contributed by atoms with Gasteiger partial charge in [-0.1, -0.05) is 0 Å². The highest BCUT2D eigenvalue weighted by Crippen LogP contribution is 2.22. The fraction of sp³-hybridized carbons (Fsp3) is 0.923. The number of likely N-dealkylation sites (tertiary alicyclic amines) is 1. The highest BCUT2D eigenvalue weighted by Gasteiger charge is 2.29. The quantitative estimate of drug-likeness (QED) is 0.793. The van der Waals surface area contributed by atoms with Crippen LogP contribution in [0, 0.1) is 11.8 Å². The molecule has 4 heteroatoms. The highest BCUT2D eigenvalue weighted by molar-refractivity contribution is 5.79. The van der Waals surface area contributed by atoms with Gasteiger partial charge in [-0.15, -0.1) is 0 Å². The summed E-state index contributed by atoms with van der Waals surface area (Å²) in [6.45, 7) is 4.63. The Balaban J connectivity index is 1.72. The Hall–Kier alpha value is -0.610. The van der Waals surface area contributed by atoms with Gasteiger partial charge >= 0.3 is 0 Å². The van der Waals surface area contributed by atoms with Gasteiger partial charge in [0, 0.05) is 33.4 Å². The maximum Gasteiger partial charge on any atom is 0.227 e. The van der Waals surface area contributed by atoms with Gasteiger partial charge in [-0.05, 0) is 38.1 Å². The predicted molar refractivity (Wildman–Crippen MR) is 66.8 cm³/mol. The van der Waals surface area contributed by atoms with E-state index >= 15 is 0 Å². The molecule has 0 aromatic carbocycles. The Morgan fingerprint density at radius 1 is 1.35 bits per heavy atom. The lowest BCUT2D eigenvalue weighted by Gasteiger charge is -2.33. The Labute approximate surface area is 104 Å². The van der Waals surface area contributed by atoms with Crippen molar-refractivity contribution in [1.29, 1.82) is 0 Å². The van der Waals surface area contributed by atoms with E-state index in [1.54, 1.807) is 7.11 Å². The molecule has 2 aliphatic rings. The van der Waals surface area contributed by atoms with Gasteiger partial charge in [-0.3, -0.25) is 4.79 Å². The summed E-state index contributed by atoms with van der Waals surface area (Å²) in [6.07, 6.45) is 4.45. The Morgan fingerprint density at radius 2 is 2.12 bits per heavy atom. The van der Waals surface area contributed by atoms with Crippen LogP contribution in [-0.4, -0.2) is 50.7 Å². The number of methoxy groups -OCH3 is 1. The summed E-state index contributed by atoms with van der Waals surface area (Å²) in [5.74, 6) is 1.37. The molecule has 0 radical (unpaired) electrons. The summed E-state index contributed by atoms with van der Waals surface area (Å²) in [5.41, 5.74) is 0. The average molecular weight is 240 g/mol. The fourth-order valence-electron chi connectivity index (χ4n) is 2.85. The van der Waals surface area contributed by atoms with Crippen molar-refractivity contribution in [2.75, 3.05) is 39.9 Å². The number of nitrogens with zero attached hydrogens (tertiary/aromatic N) is 1. The van der Waals surface area contributed by atoms with Gasteiger partial charge in [-0.25, -0.2) is 0 Å². The number of piperidine rings is 1. The number of rotatable bonds is 4.